The Morgan fingerprint density at radius 2 is 1.81 bits per heavy atom. The van der Waals surface area contributed by atoms with Gasteiger partial charge in [-0.2, -0.15) is 0 Å². The zero-order valence-corrected chi connectivity index (χ0v) is 11.9. The summed E-state index contributed by atoms with van der Waals surface area (Å²) in [5.74, 6) is 0.0898. The second kappa shape index (κ2) is 6.17. The van der Waals surface area contributed by atoms with Crippen LogP contribution in [0.1, 0.15) is 35.7 Å². The molecule has 21 heavy (non-hydrogen) atoms. The van der Waals surface area contributed by atoms with Gasteiger partial charge in [-0.25, -0.2) is 0 Å². The Morgan fingerprint density at radius 1 is 1.14 bits per heavy atom. The summed E-state index contributed by atoms with van der Waals surface area (Å²) >= 11 is 0. The molecule has 0 saturated heterocycles. The van der Waals surface area contributed by atoms with Crippen molar-refractivity contribution in [1.29, 1.82) is 0 Å². The molecule has 5 nitrogen and oxygen atoms in total. The smallest absolute Gasteiger partial charge is 0.269 e. The number of non-ortho nitro benzene ring substituents is 1. The minimum atomic E-state index is -0.492. The molecule has 1 amide bonds. The number of anilines is 1. The Kier molecular flexibility index (Phi) is 4.33. The van der Waals surface area contributed by atoms with E-state index in [0.717, 1.165) is 5.56 Å². The van der Waals surface area contributed by atoms with Crippen LogP contribution in [0.3, 0.4) is 0 Å². The first-order valence-electron chi connectivity index (χ1n) is 6.63. The Labute approximate surface area is 122 Å². The van der Waals surface area contributed by atoms with Gasteiger partial charge in [0.25, 0.3) is 11.6 Å². The quantitative estimate of drug-likeness (QED) is 0.682. The van der Waals surface area contributed by atoms with Crippen LogP contribution in [0.5, 0.6) is 0 Å². The third kappa shape index (κ3) is 3.66. The topological polar surface area (TPSA) is 72.2 Å². The molecule has 0 aromatic heterocycles. The van der Waals surface area contributed by atoms with E-state index in [4.69, 9.17) is 0 Å². The molecule has 0 heterocycles. The fourth-order valence-corrected chi connectivity index (χ4v) is 1.91. The second-order valence-corrected chi connectivity index (χ2v) is 5.04. The molecule has 0 aliphatic carbocycles. The normalized spacial score (nSPS) is 10.4. The molecule has 0 unspecified atom stereocenters. The Morgan fingerprint density at radius 3 is 2.38 bits per heavy atom. The second-order valence-electron chi connectivity index (χ2n) is 5.04. The van der Waals surface area contributed by atoms with Gasteiger partial charge in [0.05, 0.1) is 4.92 Å². The number of nitro benzene ring substituents is 1. The molecule has 2 aromatic rings. The molecule has 108 valence electrons. The maximum Gasteiger partial charge on any atom is 0.269 e. The fraction of sp³-hybridized carbons (Fsp3) is 0.188. The van der Waals surface area contributed by atoms with Gasteiger partial charge in [0, 0.05) is 23.4 Å². The Bertz CT molecular complexity index is 663. The lowest BCUT2D eigenvalue weighted by atomic mass is 10.0. The first-order valence-corrected chi connectivity index (χ1v) is 6.63. The van der Waals surface area contributed by atoms with Crippen LogP contribution in [0.15, 0.2) is 48.5 Å². The lowest BCUT2D eigenvalue weighted by Crippen LogP contribution is -2.12. The van der Waals surface area contributed by atoms with Crippen LogP contribution in [0, 0.1) is 10.1 Å². The summed E-state index contributed by atoms with van der Waals surface area (Å²) in [4.78, 5) is 22.2. The van der Waals surface area contributed by atoms with Gasteiger partial charge in [-0.3, -0.25) is 14.9 Å². The molecule has 1 N–H and O–H groups in total. The van der Waals surface area contributed by atoms with Crippen LogP contribution in [0.25, 0.3) is 0 Å². The lowest BCUT2D eigenvalue weighted by molar-refractivity contribution is -0.384. The van der Waals surface area contributed by atoms with Crippen molar-refractivity contribution in [3.63, 3.8) is 0 Å². The Hall–Kier alpha value is -2.69. The molecule has 0 aliphatic rings. The molecule has 5 heteroatoms. The highest BCUT2D eigenvalue weighted by Gasteiger charge is 2.10. The van der Waals surface area contributed by atoms with E-state index in [9.17, 15) is 14.9 Å². The van der Waals surface area contributed by atoms with Crippen LogP contribution in [0.4, 0.5) is 11.4 Å². The van der Waals surface area contributed by atoms with E-state index in [1.54, 1.807) is 0 Å². The van der Waals surface area contributed by atoms with Gasteiger partial charge in [0.2, 0.25) is 0 Å². The first-order chi connectivity index (χ1) is 9.97. The number of hydrogen-bond donors (Lipinski definition) is 1. The third-order valence-electron chi connectivity index (χ3n) is 3.15. The zero-order valence-electron chi connectivity index (χ0n) is 11.9. The van der Waals surface area contributed by atoms with Crippen LogP contribution in [0.2, 0.25) is 0 Å². The van der Waals surface area contributed by atoms with Crippen LogP contribution < -0.4 is 5.32 Å². The van der Waals surface area contributed by atoms with Crippen molar-refractivity contribution in [2.45, 2.75) is 19.8 Å². The minimum Gasteiger partial charge on any atom is -0.322 e. The number of amides is 1. The highest BCUT2D eigenvalue weighted by molar-refractivity contribution is 6.04. The molecule has 2 rings (SSSR count). The molecule has 0 bridgehead atoms. The van der Waals surface area contributed by atoms with Crippen molar-refractivity contribution in [3.8, 4) is 0 Å². The van der Waals surface area contributed by atoms with Crippen molar-refractivity contribution in [2.75, 3.05) is 5.32 Å². The number of nitro groups is 1. The summed E-state index contributed by atoms with van der Waals surface area (Å²) < 4.78 is 0. The minimum absolute atomic E-state index is 0.0339. The summed E-state index contributed by atoms with van der Waals surface area (Å²) in [6.07, 6.45) is 0. The van der Waals surface area contributed by atoms with Crippen LogP contribution in [-0.4, -0.2) is 10.8 Å². The SMILES string of the molecule is CC(C)c1cccc(NC(=O)c2ccc([N+](=O)[O-])cc2)c1. The monoisotopic (exact) mass is 284 g/mol. The molecule has 0 radical (unpaired) electrons. The lowest BCUT2D eigenvalue weighted by Gasteiger charge is -2.09. The number of benzene rings is 2. The van der Waals surface area contributed by atoms with Gasteiger partial charge in [0.1, 0.15) is 0 Å². The van der Waals surface area contributed by atoms with Gasteiger partial charge in [0.15, 0.2) is 0 Å². The molecular weight excluding hydrogens is 268 g/mol. The molecule has 0 spiro atoms. The molecule has 2 aromatic carbocycles. The fourth-order valence-electron chi connectivity index (χ4n) is 1.91. The van der Waals surface area contributed by atoms with Crippen LogP contribution in [-0.2, 0) is 0 Å². The van der Waals surface area contributed by atoms with Crippen molar-refractivity contribution >= 4 is 17.3 Å². The number of carbonyl (C=O) groups excluding carboxylic acids is 1. The van der Waals surface area contributed by atoms with Crippen LogP contribution >= 0.6 is 0 Å². The van der Waals surface area contributed by atoms with Crippen molar-refractivity contribution in [2.24, 2.45) is 0 Å². The van der Waals surface area contributed by atoms with Gasteiger partial charge in [-0.1, -0.05) is 26.0 Å². The maximum atomic E-state index is 12.1. The zero-order chi connectivity index (χ0) is 15.4. The predicted octanol–water partition coefficient (Wildman–Crippen LogP) is 3.97. The molecule has 0 fully saturated rings. The van der Waals surface area contributed by atoms with E-state index >= 15 is 0 Å². The number of carbonyl (C=O) groups is 1. The summed E-state index contributed by atoms with van der Waals surface area (Å²) in [5, 5.41) is 13.4. The molecular formula is C16H16N2O3. The van der Waals surface area contributed by atoms with E-state index in [1.807, 2.05) is 24.3 Å². The van der Waals surface area contributed by atoms with E-state index in [-0.39, 0.29) is 11.6 Å². The Balaban J connectivity index is 2.14. The van der Waals surface area contributed by atoms with Crippen molar-refractivity contribution < 1.29 is 9.72 Å². The largest absolute Gasteiger partial charge is 0.322 e. The van der Waals surface area contributed by atoms with Gasteiger partial charge in [-0.15, -0.1) is 0 Å². The third-order valence-corrected chi connectivity index (χ3v) is 3.15. The predicted molar refractivity (Wildman–Crippen MR) is 81.6 cm³/mol. The van der Waals surface area contributed by atoms with E-state index in [0.29, 0.717) is 17.2 Å². The molecule has 0 aliphatic heterocycles. The summed E-state index contributed by atoms with van der Waals surface area (Å²) in [7, 11) is 0. The standard InChI is InChI=1S/C16H16N2O3/c1-11(2)13-4-3-5-14(10-13)17-16(19)12-6-8-15(9-7-12)18(20)21/h3-11H,1-2H3,(H,17,19). The van der Waals surface area contributed by atoms with Crippen molar-refractivity contribution in [1.82, 2.24) is 0 Å². The number of nitrogens with zero attached hydrogens (tertiary/aromatic N) is 1. The van der Waals surface area contributed by atoms with Crippen molar-refractivity contribution in [3.05, 3.63) is 69.8 Å². The van der Waals surface area contributed by atoms with E-state index in [1.165, 1.54) is 24.3 Å². The number of rotatable bonds is 4. The summed E-state index contributed by atoms with van der Waals surface area (Å²) in [6.45, 7) is 4.16. The molecule has 0 atom stereocenters. The highest BCUT2D eigenvalue weighted by atomic mass is 16.6. The van der Waals surface area contributed by atoms with E-state index in [2.05, 4.69) is 19.2 Å². The highest BCUT2D eigenvalue weighted by Crippen LogP contribution is 2.19. The first kappa shape index (κ1) is 14.7. The maximum absolute atomic E-state index is 12.1. The average molecular weight is 284 g/mol. The summed E-state index contributed by atoms with van der Waals surface area (Å²) in [5.41, 5.74) is 2.20. The van der Waals surface area contributed by atoms with Gasteiger partial charge >= 0.3 is 0 Å². The van der Waals surface area contributed by atoms with E-state index < -0.39 is 4.92 Å². The number of nitrogens with one attached hydrogen (secondary N) is 1. The molecule has 0 saturated carbocycles. The summed E-state index contributed by atoms with van der Waals surface area (Å²) in [6, 6.07) is 13.2. The van der Waals surface area contributed by atoms with Gasteiger partial charge in [-0.05, 0) is 35.7 Å². The number of hydrogen-bond acceptors (Lipinski definition) is 3. The average Bonchev–Trinajstić information content (AvgIpc) is 2.47. The van der Waals surface area contributed by atoms with Gasteiger partial charge < -0.3 is 5.32 Å².